The second kappa shape index (κ2) is 7.63. The molecule has 1 atom stereocenters. The molecule has 0 aliphatic carbocycles. The number of amides is 1. The smallest absolute Gasteiger partial charge is 0.237 e. The number of carbonyl (C=O) groups excluding carboxylic acids is 1. The molecule has 0 saturated carbocycles. The van der Waals surface area contributed by atoms with Crippen LogP contribution in [-0.4, -0.2) is 49.6 Å². The first-order chi connectivity index (χ1) is 7.77. The van der Waals surface area contributed by atoms with Crippen LogP contribution in [0.2, 0.25) is 0 Å². The summed E-state index contributed by atoms with van der Waals surface area (Å²) in [6, 6.07) is 0.0634. The monoisotopic (exact) mass is 227 g/mol. The third-order valence-electron chi connectivity index (χ3n) is 3.22. The number of hydrogen-bond donors (Lipinski definition) is 2. The fourth-order valence-electron chi connectivity index (χ4n) is 2.09. The van der Waals surface area contributed by atoms with Crippen molar-refractivity contribution in [2.75, 3.05) is 32.7 Å². The zero-order chi connectivity index (χ0) is 11.8. The maximum atomic E-state index is 11.6. The van der Waals surface area contributed by atoms with Crippen molar-refractivity contribution in [3.8, 4) is 0 Å². The van der Waals surface area contributed by atoms with Crippen molar-refractivity contribution in [3.05, 3.63) is 0 Å². The van der Waals surface area contributed by atoms with Gasteiger partial charge in [-0.25, -0.2) is 0 Å². The van der Waals surface area contributed by atoms with Crippen molar-refractivity contribution >= 4 is 5.91 Å². The Morgan fingerprint density at radius 1 is 1.44 bits per heavy atom. The molecule has 1 fully saturated rings. The Bertz CT molecular complexity index is 198. The van der Waals surface area contributed by atoms with Gasteiger partial charge in [-0.2, -0.15) is 0 Å². The fraction of sp³-hybridized carbons (Fsp3) is 0.917. The molecule has 4 heteroatoms. The molecule has 1 aliphatic rings. The van der Waals surface area contributed by atoms with E-state index in [0.717, 1.165) is 52.0 Å². The molecule has 1 saturated heterocycles. The highest BCUT2D eigenvalue weighted by atomic mass is 16.2. The Morgan fingerprint density at radius 3 is 2.75 bits per heavy atom. The molecular weight excluding hydrogens is 202 g/mol. The normalized spacial score (nSPS) is 20.3. The van der Waals surface area contributed by atoms with Gasteiger partial charge in [-0.05, 0) is 45.4 Å². The maximum Gasteiger partial charge on any atom is 0.237 e. The summed E-state index contributed by atoms with van der Waals surface area (Å²) in [6.07, 6.45) is 3.15. The zero-order valence-electron chi connectivity index (χ0n) is 10.6. The van der Waals surface area contributed by atoms with Crippen LogP contribution in [-0.2, 0) is 4.79 Å². The molecule has 1 rings (SSSR count). The van der Waals surface area contributed by atoms with Gasteiger partial charge < -0.3 is 15.5 Å². The van der Waals surface area contributed by atoms with Crippen molar-refractivity contribution in [3.63, 3.8) is 0 Å². The molecule has 1 heterocycles. The van der Waals surface area contributed by atoms with E-state index in [2.05, 4.69) is 29.4 Å². The lowest BCUT2D eigenvalue weighted by Gasteiger charge is -2.18. The molecule has 0 bridgehead atoms. The second-order valence-corrected chi connectivity index (χ2v) is 4.32. The van der Waals surface area contributed by atoms with Gasteiger partial charge >= 0.3 is 0 Å². The van der Waals surface area contributed by atoms with E-state index in [9.17, 15) is 4.79 Å². The number of nitrogens with one attached hydrogen (secondary N) is 2. The Hall–Kier alpha value is -0.610. The summed E-state index contributed by atoms with van der Waals surface area (Å²) in [6.45, 7) is 9.38. The van der Waals surface area contributed by atoms with Crippen LogP contribution in [0.15, 0.2) is 0 Å². The van der Waals surface area contributed by atoms with Crippen molar-refractivity contribution in [1.29, 1.82) is 0 Å². The third kappa shape index (κ3) is 4.49. The number of rotatable bonds is 7. The summed E-state index contributed by atoms with van der Waals surface area (Å²) < 4.78 is 0. The average molecular weight is 227 g/mol. The van der Waals surface area contributed by atoms with Crippen molar-refractivity contribution in [1.82, 2.24) is 15.5 Å². The molecule has 94 valence electrons. The molecule has 1 aliphatic heterocycles. The Kier molecular flexibility index (Phi) is 6.42. The Morgan fingerprint density at radius 2 is 2.19 bits per heavy atom. The third-order valence-corrected chi connectivity index (χ3v) is 3.22. The topological polar surface area (TPSA) is 44.4 Å². The minimum atomic E-state index is 0.0634. The summed E-state index contributed by atoms with van der Waals surface area (Å²) in [5.74, 6) is 0.178. The van der Waals surface area contributed by atoms with E-state index >= 15 is 0 Å². The van der Waals surface area contributed by atoms with Gasteiger partial charge in [0, 0.05) is 6.54 Å². The van der Waals surface area contributed by atoms with Crippen LogP contribution in [0, 0.1) is 0 Å². The van der Waals surface area contributed by atoms with E-state index in [0.29, 0.717) is 0 Å². The van der Waals surface area contributed by atoms with Gasteiger partial charge in [0.25, 0.3) is 0 Å². The standard InChI is InChI=1S/C12H25N3O/c1-3-15(4-2)10-6-9-14-12(16)11-7-5-8-13-11/h11,13H,3-10H2,1-2H3,(H,14,16). The van der Waals surface area contributed by atoms with Gasteiger partial charge in [-0.3, -0.25) is 4.79 Å². The van der Waals surface area contributed by atoms with Crippen LogP contribution in [0.5, 0.6) is 0 Å². The van der Waals surface area contributed by atoms with Gasteiger partial charge in [0.2, 0.25) is 5.91 Å². The molecule has 0 spiro atoms. The number of carbonyl (C=O) groups is 1. The van der Waals surface area contributed by atoms with E-state index in [1.807, 2.05) is 0 Å². The highest BCUT2D eigenvalue weighted by Crippen LogP contribution is 2.04. The average Bonchev–Trinajstić information content (AvgIpc) is 2.82. The molecule has 1 unspecified atom stereocenters. The van der Waals surface area contributed by atoms with E-state index in [4.69, 9.17) is 0 Å². The zero-order valence-corrected chi connectivity index (χ0v) is 10.6. The second-order valence-electron chi connectivity index (χ2n) is 4.32. The first-order valence-electron chi connectivity index (χ1n) is 6.51. The highest BCUT2D eigenvalue weighted by Gasteiger charge is 2.20. The van der Waals surface area contributed by atoms with Crippen molar-refractivity contribution < 1.29 is 4.79 Å². The predicted molar refractivity (Wildman–Crippen MR) is 66.4 cm³/mol. The first-order valence-corrected chi connectivity index (χ1v) is 6.51. The van der Waals surface area contributed by atoms with E-state index < -0.39 is 0 Å². The molecule has 4 nitrogen and oxygen atoms in total. The predicted octanol–water partition coefficient (Wildman–Crippen LogP) is 0.587. The summed E-state index contributed by atoms with van der Waals surface area (Å²) in [4.78, 5) is 14.0. The number of nitrogens with zero attached hydrogens (tertiary/aromatic N) is 1. The van der Waals surface area contributed by atoms with Crippen LogP contribution < -0.4 is 10.6 Å². The molecule has 0 aromatic rings. The largest absolute Gasteiger partial charge is 0.355 e. The Labute approximate surface area is 98.8 Å². The summed E-state index contributed by atoms with van der Waals surface area (Å²) in [7, 11) is 0. The van der Waals surface area contributed by atoms with Crippen LogP contribution in [0.3, 0.4) is 0 Å². The van der Waals surface area contributed by atoms with Crippen molar-refractivity contribution in [2.45, 2.75) is 39.2 Å². The highest BCUT2D eigenvalue weighted by molar-refractivity contribution is 5.81. The first kappa shape index (κ1) is 13.5. The summed E-state index contributed by atoms with van der Waals surface area (Å²) in [5.41, 5.74) is 0. The molecule has 2 N–H and O–H groups in total. The maximum absolute atomic E-state index is 11.6. The molecule has 0 aromatic heterocycles. The van der Waals surface area contributed by atoms with Gasteiger partial charge in [0.15, 0.2) is 0 Å². The molecular formula is C12H25N3O. The van der Waals surface area contributed by atoms with Crippen molar-refractivity contribution in [2.24, 2.45) is 0 Å². The quantitative estimate of drug-likeness (QED) is 0.626. The fourth-order valence-corrected chi connectivity index (χ4v) is 2.09. The van der Waals surface area contributed by atoms with Gasteiger partial charge in [0.05, 0.1) is 6.04 Å². The number of hydrogen-bond acceptors (Lipinski definition) is 3. The van der Waals surface area contributed by atoms with Crippen LogP contribution in [0.1, 0.15) is 33.1 Å². The van der Waals surface area contributed by atoms with Crippen LogP contribution >= 0.6 is 0 Å². The molecule has 1 amide bonds. The van der Waals surface area contributed by atoms with E-state index in [1.54, 1.807) is 0 Å². The Balaban J connectivity index is 2.03. The minimum Gasteiger partial charge on any atom is -0.355 e. The van der Waals surface area contributed by atoms with Gasteiger partial charge in [-0.1, -0.05) is 13.8 Å². The van der Waals surface area contributed by atoms with E-state index in [1.165, 1.54) is 0 Å². The molecule has 0 aromatic carbocycles. The minimum absolute atomic E-state index is 0.0634. The SMILES string of the molecule is CCN(CC)CCCNC(=O)C1CCCN1. The molecule has 16 heavy (non-hydrogen) atoms. The molecule has 0 radical (unpaired) electrons. The van der Waals surface area contributed by atoms with Crippen LogP contribution in [0.4, 0.5) is 0 Å². The summed E-state index contributed by atoms with van der Waals surface area (Å²) in [5, 5.41) is 6.21. The lowest BCUT2D eigenvalue weighted by Crippen LogP contribution is -2.41. The van der Waals surface area contributed by atoms with Crippen LogP contribution in [0.25, 0.3) is 0 Å². The van der Waals surface area contributed by atoms with Gasteiger partial charge in [-0.15, -0.1) is 0 Å². The lowest BCUT2D eigenvalue weighted by atomic mass is 10.2. The van der Waals surface area contributed by atoms with Gasteiger partial charge in [0.1, 0.15) is 0 Å². The lowest BCUT2D eigenvalue weighted by molar-refractivity contribution is -0.122. The van der Waals surface area contributed by atoms with E-state index in [-0.39, 0.29) is 11.9 Å². The summed E-state index contributed by atoms with van der Waals surface area (Å²) >= 11 is 0.